The Bertz CT molecular complexity index is 160. The fourth-order valence-corrected chi connectivity index (χ4v) is 0.833. The number of aliphatic hydroxyl groups excluding tert-OH is 1. The van der Waals surface area contributed by atoms with Crippen molar-refractivity contribution in [3.63, 3.8) is 0 Å². The van der Waals surface area contributed by atoms with Crippen LogP contribution in [0.15, 0.2) is 0 Å². The van der Waals surface area contributed by atoms with Crippen molar-refractivity contribution in [2.75, 3.05) is 33.8 Å². The van der Waals surface area contributed by atoms with Crippen molar-refractivity contribution >= 4 is 6.09 Å². The van der Waals surface area contributed by atoms with Gasteiger partial charge in [0.25, 0.3) is 0 Å². The van der Waals surface area contributed by atoms with Gasteiger partial charge in [-0.3, -0.25) is 0 Å². The van der Waals surface area contributed by atoms with Crippen LogP contribution >= 0.6 is 0 Å². The smallest absolute Gasteiger partial charge is 0.407 e. The molecule has 0 unspecified atom stereocenters. The van der Waals surface area contributed by atoms with Gasteiger partial charge in [-0.2, -0.15) is 0 Å². The number of amides is 1. The molecule has 0 rings (SSSR count). The zero-order valence-corrected chi connectivity index (χ0v) is 9.12. The predicted octanol–water partition coefficient (Wildman–Crippen LogP) is 0.0451. The summed E-state index contributed by atoms with van der Waals surface area (Å²) in [6.45, 7) is 3.13. The zero-order valence-electron chi connectivity index (χ0n) is 9.12. The van der Waals surface area contributed by atoms with Crippen LogP contribution in [0.5, 0.6) is 0 Å². The van der Waals surface area contributed by atoms with Crippen LogP contribution in [0.3, 0.4) is 0 Å². The third-order valence-electron chi connectivity index (χ3n) is 1.51. The van der Waals surface area contributed by atoms with Gasteiger partial charge in [0.1, 0.15) is 6.61 Å². The molecule has 0 saturated carbocycles. The molecule has 0 saturated heterocycles. The molecule has 0 aliphatic rings. The highest BCUT2D eigenvalue weighted by Crippen LogP contribution is 1.85. The van der Waals surface area contributed by atoms with Gasteiger partial charge in [0, 0.05) is 6.54 Å². The van der Waals surface area contributed by atoms with Crippen LogP contribution in [0, 0.1) is 0 Å². The standard InChI is InChI=1S/C9H20N2O3/c1-8(12)7-14-9(13)10-5-4-6-11(2)3/h8,12H,4-7H2,1-3H3,(H,10,13)/t8-/m0/s1. The number of carbonyl (C=O) groups excluding carboxylic acids is 1. The van der Waals surface area contributed by atoms with Gasteiger partial charge >= 0.3 is 6.09 Å². The summed E-state index contributed by atoms with van der Waals surface area (Å²) in [5.41, 5.74) is 0. The highest BCUT2D eigenvalue weighted by Gasteiger charge is 2.03. The number of aliphatic hydroxyl groups is 1. The van der Waals surface area contributed by atoms with Gasteiger partial charge in [0.2, 0.25) is 0 Å². The first-order chi connectivity index (χ1) is 6.52. The Balaban J connectivity index is 3.27. The van der Waals surface area contributed by atoms with Crippen LogP contribution in [-0.2, 0) is 4.74 Å². The van der Waals surface area contributed by atoms with E-state index in [-0.39, 0.29) is 6.61 Å². The predicted molar refractivity (Wildman–Crippen MR) is 54.2 cm³/mol. The third-order valence-corrected chi connectivity index (χ3v) is 1.51. The topological polar surface area (TPSA) is 61.8 Å². The third kappa shape index (κ3) is 9.28. The van der Waals surface area contributed by atoms with Gasteiger partial charge in [0.05, 0.1) is 6.10 Å². The summed E-state index contributed by atoms with van der Waals surface area (Å²) in [5, 5.41) is 11.4. The van der Waals surface area contributed by atoms with Gasteiger partial charge in [-0.1, -0.05) is 0 Å². The Morgan fingerprint density at radius 2 is 2.21 bits per heavy atom. The summed E-state index contributed by atoms with van der Waals surface area (Å²) in [7, 11) is 3.96. The number of rotatable bonds is 6. The normalized spacial score (nSPS) is 12.6. The number of alkyl carbamates (subject to hydrolysis) is 1. The maximum Gasteiger partial charge on any atom is 0.407 e. The molecule has 0 aliphatic heterocycles. The molecule has 0 heterocycles. The van der Waals surface area contributed by atoms with Crippen molar-refractivity contribution in [3.8, 4) is 0 Å². The Morgan fingerprint density at radius 3 is 2.71 bits per heavy atom. The van der Waals surface area contributed by atoms with Crippen molar-refractivity contribution < 1.29 is 14.6 Å². The van der Waals surface area contributed by atoms with Crippen molar-refractivity contribution in [2.45, 2.75) is 19.4 Å². The van der Waals surface area contributed by atoms with E-state index in [9.17, 15) is 4.79 Å². The summed E-state index contributed by atoms with van der Waals surface area (Å²) < 4.78 is 4.70. The van der Waals surface area contributed by atoms with Crippen LogP contribution in [-0.4, -0.2) is 56.0 Å². The minimum atomic E-state index is -0.609. The lowest BCUT2D eigenvalue weighted by Gasteiger charge is -2.10. The average molecular weight is 204 g/mol. The Morgan fingerprint density at radius 1 is 1.57 bits per heavy atom. The molecule has 0 bridgehead atoms. The van der Waals surface area contributed by atoms with Crippen LogP contribution in [0.25, 0.3) is 0 Å². The Labute approximate surface area is 85.0 Å². The van der Waals surface area contributed by atoms with Crippen LogP contribution < -0.4 is 5.32 Å². The molecule has 1 atom stereocenters. The molecule has 0 radical (unpaired) electrons. The van der Waals surface area contributed by atoms with E-state index in [4.69, 9.17) is 9.84 Å². The quantitative estimate of drug-likeness (QED) is 0.600. The highest BCUT2D eigenvalue weighted by atomic mass is 16.6. The minimum Gasteiger partial charge on any atom is -0.447 e. The SMILES string of the molecule is C[C@H](O)COC(=O)NCCCN(C)C. The van der Waals surface area contributed by atoms with Gasteiger partial charge < -0.3 is 20.1 Å². The lowest BCUT2D eigenvalue weighted by atomic mass is 10.4. The summed E-state index contributed by atoms with van der Waals surface area (Å²) in [4.78, 5) is 13.0. The Kier molecular flexibility index (Phi) is 7.14. The first-order valence-corrected chi connectivity index (χ1v) is 4.75. The van der Waals surface area contributed by atoms with Crippen molar-refractivity contribution in [1.29, 1.82) is 0 Å². The van der Waals surface area contributed by atoms with E-state index in [0.29, 0.717) is 6.54 Å². The number of ether oxygens (including phenoxy) is 1. The first-order valence-electron chi connectivity index (χ1n) is 4.75. The second-order valence-electron chi connectivity index (χ2n) is 3.53. The molecule has 0 spiro atoms. The van der Waals surface area contributed by atoms with Crippen molar-refractivity contribution in [2.24, 2.45) is 0 Å². The van der Waals surface area contributed by atoms with Crippen molar-refractivity contribution in [1.82, 2.24) is 10.2 Å². The molecule has 14 heavy (non-hydrogen) atoms. The largest absolute Gasteiger partial charge is 0.447 e. The molecule has 1 amide bonds. The van der Waals surface area contributed by atoms with Gasteiger partial charge in [0.15, 0.2) is 0 Å². The fourth-order valence-electron chi connectivity index (χ4n) is 0.833. The second-order valence-corrected chi connectivity index (χ2v) is 3.53. The van der Waals surface area contributed by atoms with E-state index in [1.165, 1.54) is 0 Å². The van der Waals surface area contributed by atoms with Gasteiger partial charge in [-0.15, -0.1) is 0 Å². The van der Waals surface area contributed by atoms with E-state index < -0.39 is 12.2 Å². The summed E-state index contributed by atoms with van der Waals surface area (Å²) in [5.74, 6) is 0. The molecule has 5 heteroatoms. The van der Waals surface area contributed by atoms with E-state index in [2.05, 4.69) is 5.32 Å². The second kappa shape index (κ2) is 7.58. The van der Waals surface area contributed by atoms with Crippen LogP contribution in [0.2, 0.25) is 0 Å². The highest BCUT2D eigenvalue weighted by molar-refractivity contribution is 5.67. The maximum atomic E-state index is 10.9. The monoisotopic (exact) mass is 204 g/mol. The zero-order chi connectivity index (χ0) is 11.0. The minimum absolute atomic E-state index is 0.0412. The molecular formula is C9H20N2O3. The summed E-state index contributed by atoms with van der Waals surface area (Å²) in [6.07, 6.45) is -0.191. The maximum absolute atomic E-state index is 10.9. The molecule has 0 aliphatic carbocycles. The van der Waals surface area contributed by atoms with E-state index in [1.54, 1.807) is 6.92 Å². The number of hydrogen-bond donors (Lipinski definition) is 2. The molecule has 0 fully saturated rings. The first kappa shape index (κ1) is 13.2. The van der Waals surface area contributed by atoms with Crippen LogP contribution in [0.1, 0.15) is 13.3 Å². The number of nitrogens with one attached hydrogen (secondary N) is 1. The number of carbonyl (C=O) groups is 1. The Hall–Kier alpha value is -0.810. The van der Waals surface area contributed by atoms with E-state index in [1.807, 2.05) is 19.0 Å². The summed E-state index contributed by atoms with van der Waals surface area (Å²) >= 11 is 0. The molecule has 0 aromatic rings. The van der Waals surface area contributed by atoms with E-state index >= 15 is 0 Å². The van der Waals surface area contributed by atoms with Crippen LogP contribution in [0.4, 0.5) is 4.79 Å². The van der Waals surface area contributed by atoms with Gasteiger partial charge in [-0.25, -0.2) is 4.79 Å². The lowest BCUT2D eigenvalue weighted by Crippen LogP contribution is -2.29. The summed E-state index contributed by atoms with van der Waals surface area (Å²) in [6, 6.07) is 0. The number of hydrogen-bond acceptors (Lipinski definition) is 4. The van der Waals surface area contributed by atoms with E-state index in [0.717, 1.165) is 13.0 Å². The van der Waals surface area contributed by atoms with Crippen molar-refractivity contribution in [3.05, 3.63) is 0 Å². The van der Waals surface area contributed by atoms with Gasteiger partial charge in [-0.05, 0) is 34.0 Å². The molecule has 0 aromatic carbocycles. The molecule has 84 valence electrons. The molecular weight excluding hydrogens is 184 g/mol. The fraction of sp³-hybridized carbons (Fsp3) is 0.889. The average Bonchev–Trinajstić information content (AvgIpc) is 2.08. The molecule has 2 N–H and O–H groups in total. The molecule has 5 nitrogen and oxygen atoms in total. The molecule has 0 aromatic heterocycles. The lowest BCUT2D eigenvalue weighted by molar-refractivity contribution is 0.0780. The number of nitrogens with zero attached hydrogens (tertiary/aromatic N) is 1.